The van der Waals surface area contributed by atoms with Crippen LogP contribution in [0.1, 0.15) is 31.7 Å². The lowest BCUT2D eigenvalue weighted by Crippen LogP contribution is -2.08. The summed E-state index contributed by atoms with van der Waals surface area (Å²) >= 11 is 12.0. The van der Waals surface area contributed by atoms with Gasteiger partial charge in [-0.15, -0.1) is 0 Å². The molecule has 1 aromatic carbocycles. The summed E-state index contributed by atoms with van der Waals surface area (Å²) in [4.78, 5) is 0. The average molecular weight is 246 g/mol. The van der Waals surface area contributed by atoms with Crippen LogP contribution in [-0.4, -0.2) is 11.2 Å². The molecule has 15 heavy (non-hydrogen) atoms. The van der Waals surface area contributed by atoms with Crippen molar-refractivity contribution in [3.63, 3.8) is 0 Å². The Bertz CT molecular complexity index is 292. The smallest absolute Gasteiger partial charge is 0.0616 e. The first-order valence-corrected chi connectivity index (χ1v) is 5.87. The molecule has 0 amide bonds. The predicted molar refractivity (Wildman–Crippen MR) is 65.4 cm³/mol. The molecule has 0 saturated carbocycles. The molecule has 1 unspecified atom stereocenters. The minimum absolute atomic E-state index is 0.470. The van der Waals surface area contributed by atoms with Crippen LogP contribution >= 0.6 is 23.2 Å². The van der Waals surface area contributed by atoms with E-state index in [1.165, 1.54) is 0 Å². The molecule has 83 valence electrons. The molecule has 1 rings (SSSR count). The number of unbranched alkanes of at least 4 members (excludes halogenated alkanes) is 1. The van der Waals surface area contributed by atoms with Gasteiger partial charge < -0.3 is 5.11 Å². The van der Waals surface area contributed by atoms with Gasteiger partial charge >= 0.3 is 0 Å². The highest BCUT2D eigenvalue weighted by Gasteiger charge is 2.11. The third kappa shape index (κ3) is 4.02. The summed E-state index contributed by atoms with van der Waals surface area (Å²) < 4.78 is 0. The molecular formula is C12H15Cl2O. The van der Waals surface area contributed by atoms with E-state index in [0.29, 0.717) is 10.0 Å². The number of rotatable bonds is 5. The van der Waals surface area contributed by atoms with Crippen LogP contribution in [-0.2, 0) is 0 Å². The highest BCUT2D eigenvalue weighted by molar-refractivity contribution is 6.36. The van der Waals surface area contributed by atoms with Crippen LogP contribution in [0.3, 0.4) is 0 Å². The molecule has 0 bridgehead atoms. The maximum Gasteiger partial charge on any atom is 0.0616 e. The fourth-order valence-corrected chi connectivity index (χ4v) is 1.88. The van der Waals surface area contributed by atoms with Gasteiger partial charge in [0.05, 0.1) is 6.10 Å². The molecule has 1 aromatic rings. The van der Waals surface area contributed by atoms with Crippen molar-refractivity contribution in [2.24, 2.45) is 0 Å². The molecule has 0 heterocycles. The van der Waals surface area contributed by atoms with Gasteiger partial charge in [-0.05, 0) is 24.1 Å². The summed E-state index contributed by atoms with van der Waals surface area (Å²) in [6, 6.07) is 5.33. The van der Waals surface area contributed by atoms with Gasteiger partial charge in [0.25, 0.3) is 0 Å². The lowest BCUT2D eigenvalue weighted by Gasteiger charge is -2.11. The zero-order chi connectivity index (χ0) is 11.3. The number of halogens is 2. The standard InChI is InChI=1S/C12H15Cl2O/c1-2-3-5-9(15)8-10-11(13)6-4-7-12(10)14/h4,6-9,15H,2-3,5H2,1H3. The quantitative estimate of drug-likeness (QED) is 0.829. The second-order valence-electron chi connectivity index (χ2n) is 3.51. The van der Waals surface area contributed by atoms with E-state index in [1.807, 2.05) is 0 Å². The molecule has 3 heteroatoms. The van der Waals surface area contributed by atoms with Gasteiger partial charge in [-0.1, -0.05) is 49.0 Å². The van der Waals surface area contributed by atoms with Crippen LogP contribution in [0.5, 0.6) is 0 Å². The van der Waals surface area contributed by atoms with Crippen molar-refractivity contribution in [3.8, 4) is 0 Å². The van der Waals surface area contributed by atoms with Crippen LogP contribution in [0.25, 0.3) is 0 Å². The van der Waals surface area contributed by atoms with E-state index in [1.54, 1.807) is 24.6 Å². The zero-order valence-corrected chi connectivity index (χ0v) is 10.2. The summed E-state index contributed by atoms with van der Waals surface area (Å²) in [5, 5.41) is 10.9. The molecule has 1 atom stereocenters. The van der Waals surface area contributed by atoms with E-state index in [-0.39, 0.29) is 0 Å². The van der Waals surface area contributed by atoms with Gasteiger partial charge in [0.2, 0.25) is 0 Å². The summed E-state index contributed by atoms with van der Waals surface area (Å²) in [6.07, 6.45) is 4.07. The van der Waals surface area contributed by atoms with Crippen LogP contribution in [0.15, 0.2) is 18.2 Å². The van der Waals surface area contributed by atoms with Crippen LogP contribution in [0.4, 0.5) is 0 Å². The molecule has 0 aliphatic heterocycles. The molecule has 1 N–H and O–H groups in total. The Kier molecular flexibility index (Phi) is 5.44. The van der Waals surface area contributed by atoms with Gasteiger partial charge in [-0.25, -0.2) is 0 Å². The molecule has 0 saturated heterocycles. The third-order valence-electron chi connectivity index (χ3n) is 2.21. The highest BCUT2D eigenvalue weighted by Crippen LogP contribution is 2.27. The summed E-state index contributed by atoms with van der Waals surface area (Å²) in [5.41, 5.74) is 0.726. The number of aliphatic hydroxyl groups excluding tert-OH is 1. The average Bonchev–Trinajstić information content (AvgIpc) is 2.21. The fourth-order valence-electron chi connectivity index (χ4n) is 1.36. The van der Waals surface area contributed by atoms with Crippen molar-refractivity contribution in [2.45, 2.75) is 32.3 Å². The van der Waals surface area contributed by atoms with E-state index in [2.05, 4.69) is 6.92 Å². The number of hydrogen-bond acceptors (Lipinski definition) is 1. The van der Waals surface area contributed by atoms with E-state index >= 15 is 0 Å². The monoisotopic (exact) mass is 245 g/mol. The zero-order valence-electron chi connectivity index (χ0n) is 8.71. The molecule has 0 aliphatic rings. The van der Waals surface area contributed by atoms with E-state index in [0.717, 1.165) is 24.8 Å². The van der Waals surface area contributed by atoms with Crippen LogP contribution in [0, 0.1) is 6.42 Å². The molecule has 0 spiro atoms. The maximum atomic E-state index is 9.71. The summed E-state index contributed by atoms with van der Waals surface area (Å²) in [7, 11) is 0. The lowest BCUT2D eigenvalue weighted by molar-refractivity contribution is 0.196. The van der Waals surface area contributed by atoms with E-state index < -0.39 is 6.10 Å². The van der Waals surface area contributed by atoms with Crippen LogP contribution in [0.2, 0.25) is 10.0 Å². The van der Waals surface area contributed by atoms with Crippen molar-refractivity contribution in [3.05, 3.63) is 40.2 Å². The minimum atomic E-state index is -0.470. The number of aliphatic hydroxyl groups is 1. The SMILES string of the molecule is CCCCC(O)[CH]c1c(Cl)cccc1Cl. The Balaban J connectivity index is 2.63. The van der Waals surface area contributed by atoms with Gasteiger partial charge in [0.1, 0.15) is 0 Å². The second kappa shape index (κ2) is 6.37. The van der Waals surface area contributed by atoms with Crippen LogP contribution < -0.4 is 0 Å². The van der Waals surface area contributed by atoms with Crippen molar-refractivity contribution < 1.29 is 5.11 Å². The summed E-state index contributed by atoms with van der Waals surface area (Å²) in [5.74, 6) is 0. The molecular weight excluding hydrogens is 231 g/mol. The third-order valence-corrected chi connectivity index (χ3v) is 2.87. The Morgan fingerprint density at radius 3 is 2.47 bits per heavy atom. The molecule has 1 nitrogen and oxygen atoms in total. The normalized spacial score (nSPS) is 12.8. The largest absolute Gasteiger partial charge is 0.392 e. The van der Waals surface area contributed by atoms with Crippen molar-refractivity contribution in [1.82, 2.24) is 0 Å². The van der Waals surface area contributed by atoms with E-state index in [4.69, 9.17) is 23.2 Å². The molecule has 0 aliphatic carbocycles. The summed E-state index contributed by atoms with van der Waals surface area (Å²) in [6.45, 7) is 2.09. The molecule has 0 fully saturated rings. The number of hydrogen-bond donors (Lipinski definition) is 1. The Morgan fingerprint density at radius 2 is 1.93 bits per heavy atom. The topological polar surface area (TPSA) is 20.2 Å². The van der Waals surface area contributed by atoms with Crippen molar-refractivity contribution >= 4 is 23.2 Å². The van der Waals surface area contributed by atoms with Gasteiger partial charge in [-0.2, -0.15) is 0 Å². The first-order valence-electron chi connectivity index (χ1n) is 5.12. The first-order chi connectivity index (χ1) is 7.15. The van der Waals surface area contributed by atoms with E-state index in [9.17, 15) is 5.11 Å². The Morgan fingerprint density at radius 1 is 1.33 bits per heavy atom. The second-order valence-corrected chi connectivity index (χ2v) is 4.33. The Hall–Kier alpha value is -0.240. The molecule has 0 aromatic heterocycles. The maximum absolute atomic E-state index is 9.71. The first kappa shape index (κ1) is 12.8. The van der Waals surface area contributed by atoms with Gasteiger partial charge in [0, 0.05) is 16.5 Å². The predicted octanol–water partition coefficient (Wildman–Crippen LogP) is 4.10. The van der Waals surface area contributed by atoms with Crippen molar-refractivity contribution in [1.29, 1.82) is 0 Å². The van der Waals surface area contributed by atoms with Gasteiger partial charge in [-0.3, -0.25) is 0 Å². The molecule has 1 radical (unpaired) electrons. The number of benzene rings is 1. The van der Waals surface area contributed by atoms with Crippen molar-refractivity contribution in [2.75, 3.05) is 0 Å². The fraction of sp³-hybridized carbons (Fsp3) is 0.417. The Labute approximate surface area is 101 Å². The highest BCUT2D eigenvalue weighted by atomic mass is 35.5. The minimum Gasteiger partial charge on any atom is -0.392 e. The van der Waals surface area contributed by atoms with Gasteiger partial charge in [0.15, 0.2) is 0 Å². The lowest BCUT2D eigenvalue weighted by atomic mass is 10.0.